The molecule has 0 unspecified atom stereocenters. The van der Waals surface area contributed by atoms with Crippen molar-refractivity contribution < 1.29 is 26.0 Å². The summed E-state index contributed by atoms with van der Waals surface area (Å²) in [4.78, 5) is 0.747. The van der Waals surface area contributed by atoms with E-state index in [9.17, 15) is 21.2 Å². The summed E-state index contributed by atoms with van der Waals surface area (Å²) in [6.07, 6.45) is 0.337. The molecule has 0 radical (unpaired) electrons. The van der Waals surface area contributed by atoms with Gasteiger partial charge in [-0.3, -0.25) is 0 Å². The summed E-state index contributed by atoms with van der Waals surface area (Å²) >= 11 is 1.11. The van der Waals surface area contributed by atoms with Crippen LogP contribution in [0.2, 0.25) is 0 Å². The molecule has 0 aliphatic carbocycles. The van der Waals surface area contributed by atoms with Crippen molar-refractivity contribution in [3.8, 4) is 0 Å². The number of sulfone groups is 1. The molecule has 0 amide bonds. The number of hydrogen-bond donors (Lipinski definition) is 1. The molecule has 2 aromatic rings. The molecular weight excluding hydrogens is 477 g/mol. The van der Waals surface area contributed by atoms with Crippen LogP contribution in [-0.4, -0.2) is 70.1 Å². The number of nitrogens with zero attached hydrogens (tertiary/aromatic N) is 2. The number of thiophene rings is 1. The normalized spacial score (nSPS) is 23.6. The predicted octanol–water partition coefficient (Wildman–Crippen LogP) is 1.55. The van der Waals surface area contributed by atoms with Gasteiger partial charge in [0.1, 0.15) is 10.0 Å². The van der Waals surface area contributed by atoms with Crippen LogP contribution in [0.5, 0.6) is 0 Å². The minimum Gasteiger partial charge on any atom is -0.379 e. The Labute approximate surface area is 191 Å². The molecule has 32 heavy (non-hydrogen) atoms. The summed E-state index contributed by atoms with van der Waals surface area (Å²) in [5.41, 5.74) is 6.40. The Morgan fingerprint density at radius 3 is 2.38 bits per heavy atom. The van der Waals surface area contributed by atoms with Gasteiger partial charge in [0, 0.05) is 37.1 Å². The number of rotatable bonds is 7. The van der Waals surface area contributed by atoms with Crippen LogP contribution in [-0.2, 0) is 31.3 Å². The number of ether oxygens (including phenoxy) is 1. The number of halogens is 1. The first kappa shape index (κ1) is 23.7. The van der Waals surface area contributed by atoms with Crippen LogP contribution in [0.3, 0.4) is 0 Å². The molecule has 176 valence electrons. The van der Waals surface area contributed by atoms with E-state index in [4.69, 9.17) is 10.5 Å². The molecule has 2 saturated heterocycles. The van der Waals surface area contributed by atoms with Crippen molar-refractivity contribution in [3.63, 3.8) is 0 Å². The van der Waals surface area contributed by atoms with Crippen molar-refractivity contribution >= 4 is 31.4 Å². The van der Waals surface area contributed by atoms with Crippen LogP contribution in [0, 0.1) is 5.82 Å². The molecule has 2 aliphatic heterocycles. The number of nitrogens with two attached hydrogens (primary N) is 1. The fraction of sp³-hybridized carbons (Fsp3) is 0.500. The summed E-state index contributed by atoms with van der Waals surface area (Å²) in [5, 5.41) is 0. The Balaban J connectivity index is 1.63. The van der Waals surface area contributed by atoms with E-state index >= 15 is 0 Å². The third-order valence-corrected chi connectivity index (χ3v) is 11.4. The van der Waals surface area contributed by atoms with Crippen LogP contribution in [0.25, 0.3) is 0 Å². The molecular formula is C20H26FN3O5S3. The molecule has 2 N–H and O–H groups in total. The Morgan fingerprint density at radius 1 is 1.06 bits per heavy atom. The van der Waals surface area contributed by atoms with Gasteiger partial charge in [-0.1, -0.05) is 12.1 Å². The van der Waals surface area contributed by atoms with Gasteiger partial charge >= 0.3 is 0 Å². The van der Waals surface area contributed by atoms with Crippen molar-refractivity contribution in [2.24, 2.45) is 5.73 Å². The van der Waals surface area contributed by atoms with E-state index in [1.165, 1.54) is 26.8 Å². The van der Waals surface area contributed by atoms with Crippen LogP contribution in [0.1, 0.15) is 22.8 Å². The Kier molecular flexibility index (Phi) is 7.01. The van der Waals surface area contributed by atoms with E-state index in [0.29, 0.717) is 19.6 Å². The zero-order chi connectivity index (χ0) is 22.9. The Bertz CT molecular complexity index is 1150. The fourth-order valence-corrected chi connectivity index (χ4v) is 9.01. The molecule has 3 heterocycles. The lowest BCUT2D eigenvalue weighted by molar-refractivity contribution is 0.0700. The zero-order valence-electron chi connectivity index (χ0n) is 17.4. The van der Waals surface area contributed by atoms with Crippen molar-refractivity contribution in [1.29, 1.82) is 0 Å². The van der Waals surface area contributed by atoms with Gasteiger partial charge in [-0.2, -0.15) is 17.0 Å². The third kappa shape index (κ3) is 4.91. The van der Waals surface area contributed by atoms with E-state index in [1.807, 2.05) is 0 Å². The first-order chi connectivity index (χ1) is 15.2. The lowest BCUT2D eigenvalue weighted by Gasteiger charge is -2.32. The van der Waals surface area contributed by atoms with Crippen LogP contribution in [0.4, 0.5) is 4.39 Å². The average molecular weight is 504 g/mol. The van der Waals surface area contributed by atoms with Crippen LogP contribution in [0.15, 0.2) is 40.6 Å². The van der Waals surface area contributed by atoms with E-state index < -0.39 is 26.1 Å². The van der Waals surface area contributed by atoms with E-state index in [-0.39, 0.29) is 47.9 Å². The minimum atomic E-state index is -3.88. The van der Waals surface area contributed by atoms with Crippen molar-refractivity contribution in [3.05, 3.63) is 52.7 Å². The third-order valence-electron chi connectivity index (χ3n) is 5.85. The summed E-state index contributed by atoms with van der Waals surface area (Å²) in [5.74, 6) is -0.926. The topological polar surface area (TPSA) is 110 Å². The second-order valence-electron chi connectivity index (χ2n) is 7.93. The highest BCUT2D eigenvalue weighted by Crippen LogP contribution is 2.36. The maximum absolute atomic E-state index is 13.4. The maximum Gasteiger partial charge on any atom is 0.282 e. The minimum absolute atomic E-state index is 0.143. The summed E-state index contributed by atoms with van der Waals surface area (Å²) in [6.45, 7) is 1.44. The molecule has 12 heteroatoms. The number of morpholine rings is 1. The lowest BCUT2D eigenvalue weighted by Crippen LogP contribution is -2.51. The second kappa shape index (κ2) is 9.45. The maximum atomic E-state index is 13.4. The van der Waals surface area contributed by atoms with Gasteiger partial charge in [0.15, 0.2) is 9.84 Å². The molecule has 2 aliphatic rings. The summed E-state index contributed by atoms with van der Waals surface area (Å²) in [7, 11) is -7.60. The monoisotopic (exact) mass is 503 g/mol. The number of benzene rings is 1. The smallest absolute Gasteiger partial charge is 0.282 e. The highest BCUT2D eigenvalue weighted by Gasteiger charge is 2.45. The Hall–Kier alpha value is -1.41. The highest BCUT2D eigenvalue weighted by atomic mass is 32.2. The second-order valence-corrected chi connectivity index (χ2v) is 13.2. The highest BCUT2D eigenvalue weighted by molar-refractivity contribution is 7.93. The summed E-state index contributed by atoms with van der Waals surface area (Å²) in [6, 6.07) is 8.39. The van der Waals surface area contributed by atoms with Gasteiger partial charge in [-0.05, 0) is 42.2 Å². The standard InChI is InChI=1S/C20H26FN3O5S3/c21-17-3-1-15(2-4-17)16-11-18(14-31(25,26)20-6-5-19(12-22)30-20)24(13-16)32(27,28)23-7-9-29-10-8-23/h1-6,16,18H,7-14,22H2/t16-,18-/m0/s1. The molecule has 1 aromatic heterocycles. The largest absolute Gasteiger partial charge is 0.379 e. The average Bonchev–Trinajstić information content (AvgIpc) is 3.43. The predicted molar refractivity (Wildman–Crippen MR) is 120 cm³/mol. The van der Waals surface area contributed by atoms with Gasteiger partial charge in [-0.25, -0.2) is 12.8 Å². The van der Waals surface area contributed by atoms with Crippen molar-refractivity contribution in [1.82, 2.24) is 8.61 Å². The van der Waals surface area contributed by atoms with Gasteiger partial charge in [0.2, 0.25) is 0 Å². The van der Waals surface area contributed by atoms with Gasteiger partial charge < -0.3 is 10.5 Å². The molecule has 0 spiro atoms. The molecule has 2 atom stereocenters. The molecule has 8 nitrogen and oxygen atoms in total. The van der Waals surface area contributed by atoms with E-state index in [0.717, 1.165) is 21.8 Å². The van der Waals surface area contributed by atoms with Crippen LogP contribution < -0.4 is 5.73 Å². The van der Waals surface area contributed by atoms with E-state index in [1.54, 1.807) is 18.2 Å². The first-order valence-corrected chi connectivity index (χ1v) is 14.2. The molecule has 2 fully saturated rings. The molecule has 1 aromatic carbocycles. The van der Waals surface area contributed by atoms with Gasteiger partial charge in [0.05, 0.1) is 19.0 Å². The fourth-order valence-electron chi connectivity index (χ4n) is 4.19. The molecule has 0 bridgehead atoms. The van der Waals surface area contributed by atoms with Crippen LogP contribution >= 0.6 is 11.3 Å². The molecule has 0 saturated carbocycles. The lowest BCUT2D eigenvalue weighted by atomic mass is 9.97. The van der Waals surface area contributed by atoms with Gasteiger partial charge in [0.25, 0.3) is 10.2 Å². The number of hydrogen-bond acceptors (Lipinski definition) is 7. The molecule has 4 rings (SSSR count). The van der Waals surface area contributed by atoms with E-state index in [2.05, 4.69) is 0 Å². The Morgan fingerprint density at radius 2 is 1.75 bits per heavy atom. The summed E-state index contributed by atoms with van der Waals surface area (Å²) < 4.78 is 74.6. The van der Waals surface area contributed by atoms with Crippen molar-refractivity contribution in [2.45, 2.75) is 29.1 Å². The SMILES string of the molecule is NCc1ccc(S(=O)(=O)C[C@@H]2C[C@H](c3ccc(F)cc3)CN2S(=O)(=O)N2CCOCC2)s1. The van der Waals surface area contributed by atoms with Gasteiger partial charge in [-0.15, -0.1) is 11.3 Å². The zero-order valence-corrected chi connectivity index (χ0v) is 19.8. The quantitative estimate of drug-likeness (QED) is 0.614. The van der Waals surface area contributed by atoms with Crippen molar-refractivity contribution in [2.75, 3.05) is 38.6 Å². The first-order valence-electron chi connectivity index (χ1n) is 10.3.